The highest BCUT2D eigenvalue weighted by atomic mass is 32.1. The molecule has 0 saturated heterocycles. The molecule has 18 heavy (non-hydrogen) atoms. The van der Waals surface area contributed by atoms with E-state index in [2.05, 4.69) is 34.2 Å². The van der Waals surface area contributed by atoms with Gasteiger partial charge >= 0.3 is 0 Å². The Balaban J connectivity index is 2.13. The van der Waals surface area contributed by atoms with E-state index in [1.165, 1.54) is 11.1 Å². The molecule has 0 unspecified atom stereocenters. The highest BCUT2D eigenvalue weighted by molar-refractivity contribution is 7.16. The quantitative estimate of drug-likeness (QED) is 0.512. The van der Waals surface area contributed by atoms with Gasteiger partial charge in [-0.3, -0.25) is 0 Å². The van der Waals surface area contributed by atoms with Gasteiger partial charge in [-0.05, 0) is 12.1 Å². The van der Waals surface area contributed by atoms with E-state index in [0.29, 0.717) is 0 Å². The van der Waals surface area contributed by atoms with Crippen LogP contribution in [0.1, 0.15) is 0 Å². The van der Waals surface area contributed by atoms with Crippen molar-refractivity contribution in [2.24, 2.45) is 0 Å². The van der Waals surface area contributed by atoms with Crippen molar-refractivity contribution < 1.29 is 4.42 Å². The van der Waals surface area contributed by atoms with Gasteiger partial charge in [0.05, 0.1) is 15.7 Å². The van der Waals surface area contributed by atoms with E-state index in [9.17, 15) is 0 Å². The van der Waals surface area contributed by atoms with E-state index in [1.54, 1.807) is 11.3 Å². The molecule has 4 rings (SSSR count). The van der Waals surface area contributed by atoms with Crippen molar-refractivity contribution in [1.82, 2.24) is 9.97 Å². The molecule has 0 spiro atoms. The van der Waals surface area contributed by atoms with Gasteiger partial charge in [0.1, 0.15) is 5.52 Å². The molecule has 3 nitrogen and oxygen atoms in total. The summed E-state index contributed by atoms with van der Waals surface area (Å²) in [4.78, 5) is 8.74. The molecule has 2 aromatic carbocycles. The summed E-state index contributed by atoms with van der Waals surface area (Å²) in [5.74, 6) is 0. The predicted octanol–water partition coefficient (Wildman–Crippen LogP) is 4.10. The molecule has 0 fully saturated rings. The Morgan fingerprint density at radius 1 is 0.889 bits per heavy atom. The van der Waals surface area contributed by atoms with Gasteiger partial charge < -0.3 is 4.42 Å². The Bertz CT molecular complexity index is 775. The number of rotatable bonds is 1. The topological polar surface area (TPSA) is 38.9 Å². The summed E-state index contributed by atoms with van der Waals surface area (Å²) in [6.45, 7) is 0. The van der Waals surface area contributed by atoms with Crippen LogP contribution in [-0.4, -0.2) is 9.97 Å². The Morgan fingerprint density at radius 2 is 1.72 bits per heavy atom. The van der Waals surface area contributed by atoms with Crippen LogP contribution in [-0.2, 0) is 0 Å². The molecule has 0 saturated carbocycles. The van der Waals surface area contributed by atoms with Gasteiger partial charge in [-0.2, -0.15) is 0 Å². The average Bonchev–Trinajstić information content (AvgIpc) is 3.06. The summed E-state index contributed by atoms with van der Waals surface area (Å²) in [7, 11) is 0. The largest absolute Gasteiger partial charge is 0.443 e. The second-order valence-electron chi connectivity index (χ2n) is 4.01. The van der Waals surface area contributed by atoms with Crippen molar-refractivity contribution in [1.29, 1.82) is 0 Å². The molecule has 2 aromatic heterocycles. The van der Waals surface area contributed by atoms with Gasteiger partial charge in [-0.15, -0.1) is 11.3 Å². The van der Waals surface area contributed by atoms with Crippen LogP contribution in [0, 0.1) is 0 Å². The molecular formula is C14H8N2OS. The highest BCUT2D eigenvalue weighted by Gasteiger charge is 2.11. The third-order valence-corrected chi connectivity index (χ3v) is 3.81. The number of hydrogen-bond donors (Lipinski definition) is 0. The number of nitrogens with zero attached hydrogens (tertiary/aromatic N) is 2. The molecule has 0 bridgehead atoms. The smallest absolute Gasteiger partial charge is 0.182 e. The summed E-state index contributed by atoms with van der Waals surface area (Å²) in [6, 6.07) is 12.2. The number of oxazole rings is 1. The zero-order chi connectivity index (χ0) is 11.9. The standard InChI is InChI=1S/C14H8N2OS/c1-3-9(13-11(5-1)17-7-15-13)10-4-2-6-12-14(10)16-8-18-12/h1-8H. The third-order valence-electron chi connectivity index (χ3n) is 3.01. The summed E-state index contributed by atoms with van der Waals surface area (Å²) in [5, 5.41) is 0. The summed E-state index contributed by atoms with van der Waals surface area (Å²) in [5.41, 5.74) is 6.76. The van der Waals surface area contributed by atoms with Gasteiger partial charge in [0.2, 0.25) is 0 Å². The summed E-state index contributed by atoms with van der Waals surface area (Å²) < 4.78 is 6.53. The van der Waals surface area contributed by atoms with E-state index < -0.39 is 0 Å². The van der Waals surface area contributed by atoms with E-state index in [0.717, 1.165) is 27.7 Å². The maximum absolute atomic E-state index is 5.34. The monoisotopic (exact) mass is 252 g/mol. The highest BCUT2D eigenvalue weighted by Crippen LogP contribution is 2.33. The molecule has 0 aliphatic carbocycles. The first-order valence-corrected chi connectivity index (χ1v) is 6.46. The molecule has 0 amide bonds. The molecule has 0 radical (unpaired) electrons. The van der Waals surface area contributed by atoms with Crippen molar-refractivity contribution >= 4 is 32.7 Å². The third kappa shape index (κ3) is 1.29. The normalized spacial score (nSPS) is 11.3. The molecule has 4 heteroatoms. The molecule has 0 atom stereocenters. The van der Waals surface area contributed by atoms with Crippen LogP contribution in [0.3, 0.4) is 0 Å². The van der Waals surface area contributed by atoms with E-state index in [-0.39, 0.29) is 0 Å². The van der Waals surface area contributed by atoms with Crippen LogP contribution in [0.2, 0.25) is 0 Å². The first-order valence-electron chi connectivity index (χ1n) is 5.58. The maximum atomic E-state index is 5.34. The minimum absolute atomic E-state index is 0.805. The fourth-order valence-corrected chi connectivity index (χ4v) is 2.91. The van der Waals surface area contributed by atoms with Crippen LogP contribution in [0.5, 0.6) is 0 Å². The predicted molar refractivity (Wildman–Crippen MR) is 72.6 cm³/mol. The summed E-state index contributed by atoms with van der Waals surface area (Å²) in [6.07, 6.45) is 1.48. The molecule has 0 N–H and O–H groups in total. The van der Waals surface area contributed by atoms with Gasteiger partial charge in [-0.25, -0.2) is 9.97 Å². The number of benzene rings is 2. The second kappa shape index (κ2) is 3.65. The lowest BCUT2D eigenvalue weighted by Gasteiger charge is -2.02. The Labute approximate surface area is 107 Å². The second-order valence-corrected chi connectivity index (χ2v) is 4.90. The number of thiazole rings is 1. The Morgan fingerprint density at radius 3 is 2.67 bits per heavy atom. The number of fused-ring (bicyclic) bond motifs is 2. The minimum Gasteiger partial charge on any atom is -0.443 e. The van der Waals surface area contributed by atoms with Crippen molar-refractivity contribution in [3.8, 4) is 11.1 Å². The average molecular weight is 252 g/mol. The van der Waals surface area contributed by atoms with Crippen LogP contribution < -0.4 is 0 Å². The fraction of sp³-hybridized carbons (Fsp3) is 0. The lowest BCUT2D eigenvalue weighted by Crippen LogP contribution is -1.82. The number of hydrogen-bond acceptors (Lipinski definition) is 4. The summed E-state index contributed by atoms with van der Waals surface area (Å²) >= 11 is 1.65. The first kappa shape index (κ1) is 9.79. The Hall–Kier alpha value is -2.20. The van der Waals surface area contributed by atoms with E-state index in [4.69, 9.17) is 4.42 Å². The molecule has 0 aliphatic rings. The lowest BCUT2D eigenvalue weighted by atomic mass is 10.0. The van der Waals surface area contributed by atoms with Crippen LogP contribution >= 0.6 is 11.3 Å². The minimum atomic E-state index is 0.805. The molecule has 86 valence electrons. The van der Waals surface area contributed by atoms with Crippen LogP contribution in [0.4, 0.5) is 0 Å². The molecule has 4 aromatic rings. The first-order chi connectivity index (χ1) is 8.93. The SMILES string of the molecule is c1cc(-c2cccc3scnc23)c2ncoc2c1. The van der Waals surface area contributed by atoms with Gasteiger partial charge in [0.25, 0.3) is 0 Å². The number of aromatic nitrogens is 2. The van der Waals surface area contributed by atoms with E-state index in [1.807, 2.05) is 17.6 Å². The van der Waals surface area contributed by atoms with Gasteiger partial charge in [-0.1, -0.05) is 24.3 Å². The van der Waals surface area contributed by atoms with Crippen molar-refractivity contribution in [3.63, 3.8) is 0 Å². The molecular weight excluding hydrogens is 244 g/mol. The van der Waals surface area contributed by atoms with Crippen LogP contribution in [0.15, 0.2) is 52.7 Å². The van der Waals surface area contributed by atoms with Gasteiger partial charge in [0.15, 0.2) is 12.0 Å². The molecule has 2 heterocycles. The van der Waals surface area contributed by atoms with Crippen molar-refractivity contribution in [2.45, 2.75) is 0 Å². The molecule has 0 aliphatic heterocycles. The van der Waals surface area contributed by atoms with Crippen LogP contribution in [0.25, 0.3) is 32.4 Å². The van der Waals surface area contributed by atoms with Crippen molar-refractivity contribution in [2.75, 3.05) is 0 Å². The zero-order valence-corrected chi connectivity index (χ0v) is 10.1. The fourth-order valence-electron chi connectivity index (χ4n) is 2.21. The maximum Gasteiger partial charge on any atom is 0.182 e. The van der Waals surface area contributed by atoms with E-state index >= 15 is 0 Å². The van der Waals surface area contributed by atoms with Gasteiger partial charge in [0, 0.05) is 11.1 Å². The Kier molecular flexibility index (Phi) is 1.98. The number of para-hydroxylation sites is 2. The zero-order valence-electron chi connectivity index (χ0n) is 9.33. The lowest BCUT2D eigenvalue weighted by molar-refractivity contribution is 0.602. The van der Waals surface area contributed by atoms with Crippen molar-refractivity contribution in [3.05, 3.63) is 48.3 Å².